The van der Waals surface area contributed by atoms with Crippen LogP contribution in [-0.4, -0.2) is 0 Å². The van der Waals surface area contributed by atoms with Crippen molar-refractivity contribution in [3.63, 3.8) is 0 Å². The van der Waals surface area contributed by atoms with E-state index in [9.17, 15) is 0 Å². The average Bonchev–Trinajstić information content (AvgIpc) is 1.88. The van der Waals surface area contributed by atoms with Gasteiger partial charge in [-0.25, -0.2) is 0 Å². The predicted octanol–water partition coefficient (Wildman–Crippen LogP) is 4.78. The summed E-state index contributed by atoms with van der Waals surface area (Å²) in [5, 5.41) is 0. The van der Waals surface area contributed by atoms with Crippen LogP contribution >= 0.6 is 47.8 Å². The van der Waals surface area contributed by atoms with Gasteiger partial charge in [-0.05, 0) is 18.2 Å². The Morgan fingerprint density at radius 2 is 0.909 bits per heavy atom. The van der Waals surface area contributed by atoms with Gasteiger partial charge in [0.15, 0.2) is 0 Å². The third kappa shape index (κ3) is 4.77. The molecule has 3 heteroatoms. The van der Waals surface area contributed by atoms with Crippen molar-refractivity contribution in [1.82, 2.24) is 0 Å². The van der Waals surface area contributed by atoms with Crippen molar-refractivity contribution in [2.75, 3.05) is 0 Å². The van der Waals surface area contributed by atoms with E-state index in [-0.39, 0.29) is 0 Å². The highest BCUT2D eigenvalue weighted by Crippen LogP contribution is 2.23. The number of rotatable bonds is 0. The fourth-order valence-electron chi connectivity index (χ4n) is 0.520. The molecule has 1 aromatic carbocycles. The van der Waals surface area contributed by atoms with Gasteiger partial charge in [0.25, 0.3) is 0 Å². The van der Waals surface area contributed by atoms with E-state index in [1.807, 2.05) is 18.2 Å². The first-order valence-electron chi connectivity index (χ1n) is 2.80. The van der Waals surface area contributed by atoms with Gasteiger partial charge in [-0.2, -0.15) is 0 Å². The van der Waals surface area contributed by atoms with E-state index < -0.39 is 0 Å². The molecule has 0 N–H and O–H groups in total. The molecule has 0 atom stereocenters. The van der Waals surface area contributed by atoms with E-state index in [0.29, 0.717) is 0 Å². The number of hydrogen-bond donors (Lipinski definition) is 0. The molecule has 1 rings (SSSR count). The molecule has 0 aliphatic heterocycles. The van der Waals surface area contributed by atoms with Crippen LogP contribution in [0.3, 0.4) is 0 Å². The SMILES string of the molecule is Brc1cc(Br)cc(Br)c1.C=C. The van der Waals surface area contributed by atoms with Gasteiger partial charge < -0.3 is 0 Å². The molecule has 0 aliphatic rings. The van der Waals surface area contributed by atoms with E-state index >= 15 is 0 Å². The fraction of sp³-hybridized carbons (Fsp3) is 0. The van der Waals surface area contributed by atoms with Crippen molar-refractivity contribution in [1.29, 1.82) is 0 Å². The Morgan fingerprint density at radius 1 is 0.727 bits per heavy atom. The summed E-state index contributed by atoms with van der Waals surface area (Å²) >= 11 is 10.1. The summed E-state index contributed by atoms with van der Waals surface area (Å²) < 4.78 is 3.22. The van der Waals surface area contributed by atoms with Crippen molar-refractivity contribution < 1.29 is 0 Å². The first kappa shape index (κ1) is 11.4. The third-order valence-electron chi connectivity index (χ3n) is 0.827. The molecule has 1 aromatic rings. The van der Waals surface area contributed by atoms with E-state index in [2.05, 4.69) is 60.9 Å². The highest BCUT2D eigenvalue weighted by atomic mass is 79.9. The smallest absolute Gasteiger partial charge is 0.0197 e. The van der Waals surface area contributed by atoms with Gasteiger partial charge in [-0.1, -0.05) is 47.8 Å². The molecule has 0 fully saturated rings. The summed E-state index contributed by atoms with van der Waals surface area (Å²) in [5.41, 5.74) is 0. The summed E-state index contributed by atoms with van der Waals surface area (Å²) in [7, 11) is 0. The first-order valence-corrected chi connectivity index (χ1v) is 5.18. The van der Waals surface area contributed by atoms with Crippen molar-refractivity contribution in [2.24, 2.45) is 0 Å². The fourth-order valence-corrected chi connectivity index (χ4v) is 2.92. The second kappa shape index (κ2) is 5.98. The van der Waals surface area contributed by atoms with E-state index in [1.54, 1.807) is 0 Å². The number of halogens is 3. The van der Waals surface area contributed by atoms with Crippen LogP contribution in [0.2, 0.25) is 0 Å². The molecular weight excluding hydrogens is 336 g/mol. The Labute approximate surface area is 92.1 Å². The molecule has 0 aliphatic carbocycles. The lowest BCUT2D eigenvalue weighted by Crippen LogP contribution is -1.66. The maximum atomic E-state index is 3.35. The zero-order chi connectivity index (χ0) is 8.85. The summed E-state index contributed by atoms with van der Waals surface area (Å²) in [4.78, 5) is 0. The van der Waals surface area contributed by atoms with Crippen LogP contribution < -0.4 is 0 Å². The van der Waals surface area contributed by atoms with Crippen LogP contribution in [0.5, 0.6) is 0 Å². The van der Waals surface area contributed by atoms with Gasteiger partial charge in [0.2, 0.25) is 0 Å². The Kier molecular flexibility index (Phi) is 6.19. The molecule has 0 bridgehead atoms. The highest BCUT2D eigenvalue weighted by Gasteiger charge is 1.91. The Hall–Kier alpha value is 0.400. The number of hydrogen-bond acceptors (Lipinski definition) is 0. The monoisotopic (exact) mass is 340 g/mol. The summed E-state index contributed by atoms with van der Waals surface area (Å²) in [6.07, 6.45) is 0. The minimum atomic E-state index is 1.07. The van der Waals surface area contributed by atoms with Gasteiger partial charge >= 0.3 is 0 Å². The largest absolute Gasteiger partial charge is 0.106 e. The zero-order valence-electron chi connectivity index (χ0n) is 5.78. The Morgan fingerprint density at radius 3 is 1.09 bits per heavy atom. The van der Waals surface area contributed by atoms with Crippen molar-refractivity contribution in [2.45, 2.75) is 0 Å². The third-order valence-corrected chi connectivity index (χ3v) is 2.20. The molecule has 0 radical (unpaired) electrons. The lowest BCUT2D eigenvalue weighted by atomic mass is 10.4. The average molecular weight is 343 g/mol. The molecule has 0 nitrogen and oxygen atoms in total. The Bertz CT molecular complexity index is 182. The van der Waals surface area contributed by atoms with Gasteiger partial charge in [0.1, 0.15) is 0 Å². The second-order valence-electron chi connectivity index (χ2n) is 1.59. The molecule has 0 unspecified atom stereocenters. The maximum Gasteiger partial charge on any atom is 0.0197 e. The molecule has 0 saturated carbocycles. The van der Waals surface area contributed by atoms with Gasteiger partial charge in [-0.3, -0.25) is 0 Å². The summed E-state index contributed by atoms with van der Waals surface area (Å²) in [6.45, 7) is 6.00. The molecule has 60 valence electrons. The van der Waals surface area contributed by atoms with Crippen LogP contribution in [-0.2, 0) is 0 Å². The van der Waals surface area contributed by atoms with Crippen LogP contribution in [0.25, 0.3) is 0 Å². The normalized spacial score (nSPS) is 8.27. The predicted molar refractivity (Wildman–Crippen MR) is 60.8 cm³/mol. The topological polar surface area (TPSA) is 0 Å². The molecule has 0 saturated heterocycles. The summed E-state index contributed by atoms with van der Waals surface area (Å²) in [6, 6.07) is 5.97. The van der Waals surface area contributed by atoms with Crippen molar-refractivity contribution >= 4 is 47.8 Å². The Balaban J connectivity index is 0.000000461. The van der Waals surface area contributed by atoms with Crippen molar-refractivity contribution in [3.05, 3.63) is 44.8 Å². The first-order chi connectivity index (χ1) is 5.18. The lowest BCUT2D eigenvalue weighted by molar-refractivity contribution is 1.56. The van der Waals surface area contributed by atoms with Crippen LogP contribution in [0, 0.1) is 0 Å². The minimum Gasteiger partial charge on any atom is -0.106 e. The quantitative estimate of drug-likeness (QED) is 0.595. The number of benzene rings is 1. The van der Waals surface area contributed by atoms with Gasteiger partial charge in [0, 0.05) is 13.4 Å². The van der Waals surface area contributed by atoms with E-state index in [1.165, 1.54) is 0 Å². The molecule has 0 amide bonds. The van der Waals surface area contributed by atoms with Crippen LogP contribution in [0.15, 0.2) is 44.8 Å². The molecule has 0 heterocycles. The molecule has 0 aromatic heterocycles. The standard InChI is InChI=1S/C6H3Br3.C2H4/c7-4-1-5(8)3-6(9)2-4;1-2/h1-3H;1-2H2. The molecule has 0 spiro atoms. The maximum absolute atomic E-state index is 3.35. The zero-order valence-corrected chi connectivity index (χ0v) is 10.5. The highest BCUT2D eigenvalue weighted by molar-refractivity contribution is 9.11. The second-order valence-corrected chi connectivity index (χ2v) is 4.33. The lowest BCUT2D eigenvalue weighted by Gasteiger charge is -1.92. The van der Waals surface area contributed by atoms with E-state index in [0.717, 1.165) is 13.4 Å². The van der Waals surface area contributed by atoms with Crippen LogP contribution in [0.4, 0.5) is 0 Å². The molecular formula is C8H7Br3. The van der Waals surface area contributed by atoms with Crippen LogP contribution in [0.1, 0.15) is 0 Å². The van der Waals surface area contributed by atoms with Gasteiger partial charge in [0.05, 0.1) is 0 Å². The summed E-state index contributed by atoms with van der Waals surface area (Å²) in [5.74, 6) is 0. The van der Waals surface area contributed by atoms with Gasteiger partial charge in [-0.15, -0.1) is 13.2 Å². The van der Waals surface area contributed by atoms with Crippen molar-refractivity contribution in [3.8, 4) is 0 Å². The minimum absolute atomic E-state index is 1.07. The van der Waals surface area contributed by atoms with E-state index in [4.69, 9.17) is 0 Å². The molecule has 11 heavy (non-hydrogen) atoms.